The summed E-state index contributed by atoms with van der Waals surface area (Å²) in [5, 5.41) is 19.9. The molecule has 6 heteroatoms. The summed E-state index contributed by atoms with van der Waals surface area (Å²) in [5.74, 6) is 0. The number of nitriles is 2. The van der Waals surface area contributed by atoms with E-state index in [9.17, 15) is 10.5 Å². The molecular formula is C21H31N4PS. The van der Waals surface area contributed by atoms with Crippen LogP contribution in [0, 0.1) is 28.1 Å². The molecule has 146 valence electrons. The largest absolute Gasteiger partial charge is 0.372 e. The van der Waals surface area contributed by atoms with Crippen LogP contribution in [0.15, 0.2) is 21.6 Å². The van der Waals surface area contributed by atoms with Gasteiger partial charge in [0.05, 0.1) is 28.8 Å². The fourth-order valence-corrected chi connectivity index (χ4v) is 11.6. The molecule has 3 aliphatic rings. The molecule has 3 rings (SSSR count). The summed E-state index contributed by atoms with van der Waals surface area (Å²) in [4.78, 5) is 5.99. The van der Waals surface area contributed by atoms with E-state index < -0.39 is 12.3 Å². The Labute approximate surface area is 169 Å². The Morgan fingerprint density at radius 3 is 2.00 bits per heavy atom. The smallest absolute Gasteiger partial charge is 0.169 e. The molecule has 1 saturated carbocycles. The van der Waals surface area contributed by atoms with E-state index in [0.29, 0.717) is 0 Å². The second-order valence-electron chi connectivity index (χ2n) is 7.81. The Kier molecular flexibility index (Phi) is 5.86. The minimum atomic E-state index is -0.737. The second kappa shape index (κ2) is 7.69. The summed E-state index contributed by atoms with van der Waals surface area (Å²) < 4.78 is 0. The molecule has 0 N–H and O–H groups in total. The molecule has 0 amide bonds. The van der Waals surface area contributed by atoms with Crippen LogP contribution in [0.5, 0.6) is 0 Å². The number of fused-ring (bicyclic) bond motifs is 1. The number of hydrogen-bond donors (Lipinski definition) is 0. The van der Waals surface area contributed by atoms with Gasteiger partial charge in [0.2, 0.25) is 0 Å². The third-order valence-electron chi connectivity index (χ3n) is 6.49. The maximum Gasteiger partial charge on any atom is 0.169 e. The highest BCUT2D eigenvalue weighted by Gasteiger charge is 2.66. The predicted octanol–water partition coefficient (Wildman–Crippen LogP) is 5.62. The van der Waals surface area contributed by atoms with Gasteiger partial charge in [-0.05, 0) is 46.0 Å². The Balaban J connectivity index is 2.19. The van der Waals surface area contributed by atoms with Gasteiger partial charge < -0.3 is 9.80 Å². The summed E-state index contributed by atoms with van der Waals surface area (Å²) in [6, 6.07) is 5.22. The van der Waals surface area contributed by atoms with Gasteiger partial charge in [-0.2, -0.15) is 10.5 Å². The van der Waals surface area contributed by atoms with Gasteiger partial charge in [0.25, 0.3) is 0 Å². The van der Waals surface area contributed by atoms with Gasteiger partial charge in [-0.25, -0.2) is 0 Å². The van der Waals surface area contributed by atoms with Crippen LogP contribution in [-0.2, 0) is 0 Å². The second-order valence-corrected chi connectivity index (χ2v) is 11.7. The van der Waals surface area contributed by atoms with Crippen molar-refractivity contribution in [1.82, 2.24) is 9.80 Å². The van der Waals surface area contributed by atoms with Crippen LogP contribution in [0.3, 0.4) is 0 Å². The van der Waals surface area contributed by atoms with E-state index in [1.54, 1.807) is 0 Å². The third-order valence-corrected chi connectivity index (χ3v) is 12.0. The lowest BCUT2D eigenvalue weighted by Gasteiger charge is -2.51. The van der Waals surface area contributed by atoms with Crippen molar-refractivity contribution in [3.8, 4) is 12.1 Å². The van der Waals surface area contributed by atoms with E-state index in [1.807, 2.05) is 11.4 Å². The molecule has 0 radical (unpaired) electrons. The Hall–Kier alpha value is -1.16. The maximum atomic E-state index is 10.4. The van der Waals surface area contributed by atoms with Gasteiger partial charge in [-0.15, -0.1) is 0 Å². The maximum absolute atomic E-state index is 10.4. The SMILES string of the molecule is CCN(CC)C1=C(N(CC)CC)C2(C#N)C(C#N)=C(C3(C)CCCC3)SP12. The van der Waals surface area contributed by atoms with Crippen LogP contribution in [0.2, 0.25) is 0 Å². The van der Waals surface area contributed by atoms with Gasteiger partial charge in [-0.1, -0.05) is 31.1 Å². The quantitative estimate of drug-likeness (QED) is 0.518. The molecule has 1 aliphatic carbocycles. The molecular weight excluding hydrogens is 371 g/mol. The number of nitrogens with zero attached hydrogens (tertiary/aromatic N) is 4. The van der Waals surface area contributed by atoms with Crippen molar-refractivity contribution < 1.29 is 0 Å². The van der Waals surface area contributed by atoms with Crippen LogP contribution < -0.4 is 0 Å². The van der Waals surface area contributed by atoms with Crippen LogP contribution >= 0.6 is 18.5 Å². The van der Waals surface area contributed by atoms with Crippen LogP contribution in [0.4, 0.5) is 0 Å². The number of allylic oxidation sites excluding steroid dienone is 2. The molecule has 0 aromatic heterocycles. The topological polar surface area (TPSA) is 54.1 Å². The van der Waals surface area contributed by atoms with E-state index in [2.05, 4.69) is 56.6 Å². The zero-order valence-corrected chi connectivity index (χ0v) is 19.0. The normalized spacial score (nSPS) is 28.5. The zero-order valence-electron chi connectivity index (χ0n) is 17.3. The number of hydrogen-bond acceptors (Lipinski definition) is 5. The monoisotopic (exact) mass is 402 g/mol. The first-order valence-corrected chi connectivity index (χ1v) is 13.0. The molecule has 4 nitrogen and oxygen atoms in total. The summed E-state index contributed by atoms with van der Waals surface area (Å²) >= 11 is 1.90. The summed E-state index contributed by atoms with van der Waals surface area (Å²) in [6.45, 7) is 14.7. The molecule has 2 unspecified atom stereocenters. The molecule has 27 heavy (non-hydrogen) atoms. The highest BCUT2D eigenvalue weighted by atomic mass is 32.7. The Morgan fingerprint density at radius 2 is 1.56 bits per heavy atom. The molecule has 2 aliphatic heterocycles. The van der Waals surface area contributed by atoms with Crippen molar-refractivity contribution in [2.75, 3.05) is 26.2 Å². The fourth-order valence-electron chi connectivity index (χ4n) is 4.88. The average molecular weight is 403 g/mol. The highest BCUT2D eigenvalue weighted by molar-refractivity contribution is 8.60. The molecule has 2 atom stereocenters. The Morgan fingerprint density at radius 1 is 1.00 bits per heavy atom. The lowest BCUT2D eigenvalue weighted by Crippen LogP contribution is -2.48. The van der Waals surface area contributed by atoms with Crippen LogP contribution in [0.25, 0.3) is 0 Å². The molecule has 1 fully saturated rings. The van der Waals surface area contributed by atoms with E-state index in [-0.39, 0.29) is 5.41 Å². The summed E-state index contributed by atoms with van der Waals surface area (Å²) in [7, 11) is -0.737. The minimum absolute atomic E-state index is 0.0853. The van der Waals surface area contributed by atoms with Crippen LogP contribution in [0.1, 0.15) is 60.3 Å². The van der Waals surface area contributed by atoms with Crippen molar-refractivity contribution in [1.29, 1.82) is 10.5 Å². The van der Waals surface area contributed by atoms with Crippen molar-refractivity contribution in [3.63, 3.8) is 0 Å². The van der Waals surface area contributed by atoms with Gasteiger partial charge in [0.15, 0.2) is 5.16 Å². The van der Waals surface area contributed by atoms with Crippen molar-refractivity contribution in [2.45, 2.75) is 65.5 Å². The molecule has 2 heterocycles. The lowest BCUT2D eigenvalue weighted by atomic mass is 9.82. The number of rotatable bonds is 7. The molecule has 0 spiro atoms. The van der Waals surface area contributed by atoms with Gasteiger partial charge >= 0.3 is 0 Å². The first-order valence-electron chi connectivity index (χ1n) is 10.3. The van der Waals surface area contributed by atoms with E-state index in [1.165, 1.54) is 23.2 Å². The Bertz CT molecular complexity index is 745. The predicted molar refractivity (Wildman–Crippen MR) is 115 cm³/mol. The molecule has 0 aromatic carbocycles. The van der Waals surface area contributed by atoms with E-state index in [0.717, 1.165) is 50.3 Å². The molecule has 0 aromatic rings. The molecule has 0 saturated heterocycles. The average Bonchev–Trinajstić information content (AvgIpc) is 3.24. The minimum Gasteiger partial charge on any atom is -0.372 e. The summed E-state index contributed by atoms with van der Waals surface area (Å²) in [6.07, 6.45) is 4.75. The summed E-state index contributed by atoms with van der Waals surface area (Å²) in [5.41, 5.74) is 3.35. The van der Waals surface area contributed by atoms with Crippen molar-refractivity contribution >= 4 is 18.5 Å². The standard InChI is InChI=1S/C21H31N4PS/c1-6-24(7-2)17-19(25(8-3)9-4)26-21(17,15-23)16(14-22)18(27-26)20(5)12-10-11-13-20/h6-13H2,1-5H3. The fraction of sp³-hybridized carbons (Fsp3) is 0.714. The first-order chi connectivity index (χ1) is 13.0. The van der Waals surface area contributed by atoms with Crippen molar-refractivity contribution in [2.24, 2.45) is 5.41 Å². The first kappa shape index (κ1) is 20.6. The third kappa shape index (κ3) is 2.73. The van der Waals surface area contributed by atoms with Crippen molar-refractivity contribution in [3.05, 3.63) is 21.6 Å². The highest BCUT2D eigenvalue weighted by Crippen LogP contribution is 2.86. The lowest BCUT2D eigenvalue weighted by molar-refractivity contribution is 0.318. The van der Waals surface area contributed by atoms with Gasteiger partial charge in [0.1, 0.15) is 0 Å². The van der Waals surface area contributed by atoms with Gasteiger partial charge in [0, 0.05) is 38.2 Å². The van der Waals surface area contributed by atoms with E-state index in [4.69, 9.17) is 0 Å². The van der Waals surface area contributed by atoms with E-state index >= 15 is 0 Å². The molecule has 0 bridgehead atoms. The van der Waals surface area contributed by atoms with Crippen LogP contribution in [-0.4, -0.2) is 41.1 Å². The zero-order chi connectivity index (χ0) is 19.8. The van der Waals surface area contributed by atoms with Gasteiger partial charge in [-0.3, -0.25) is 0 Å².